The summed E-state index contributed by atoms with van der Waals surface area (Å²) in [5.41, 5.74) is 2.02. The van der Waals surface area contributed by atoms with Gasteiger partial charge in [-0.1, -0.05) is 39.0 Å². The number of hydrogen-bond acceptors (Lipinski definition) is 4. The number of esters is 1. The van der Waals surface area contributed by atoms with Gasteiger partial charge in [0, 0.05) is 17.1 Å². The summed E-state index contributed by atoms with van der Waals surface area (Å²) in [6, 6.07) is 9.25. The Kier molecular flexibility index (Phi) is 5.90. The van der Waals surface area contributed by atoms with Gasteiger partial charge in [-0.3, -0.25) is 9.78 Å². The van der Waals surface area contributed by atoms with Crippen LogP contribution in [0.25, 0.3) is 10.9 Å². The summed E-state index contributed by atoms with van der Waals surface area (Å²) in [7, 11) is 0. The van der Waals surface area contributed by atoms with Gasteiger partial charge >= 0.3 is 5.97 Å². The number of nitrogens with zero attached hydrogens (tertiary/aromatic N) is 1. The number of carbonyl (C=O) groups is 2. The van der Waals surface area contributed by atoms with E-state index in [0.29, 0.717) is 5.56 Å². The standard InChI is InChI=1S/C19H24N2O3/c1-5-13(4)20-18(22)11-24-19(23)15-10-17(12(2)3)21-16-9-7-6-8-14(15)16/h6-10,12-13H,5,11H2,1-4H3,(H,20,22). The minimum Gasteiger partial charge on any atom is -0.452 e. The van der Waals surface area contributed by atoms with Gasteiger partial charge in [-0.2, -0.15) is 0 Å². The predicted molar refractivity (Wildman–Crippen MR) is 94.0 cm³/mol. The van der Waals surface area contributed by atoms with Gasteiger partial charge < -0.3 is 10.1 Å². The number of fused-ring (bicyclic) bond motifs is 1. The molecular formula is C19H24N2O3. The number of carbonyl (C=O) groups excluding carboxylic acids is 2. The number of aromatic nitrogens is 1. The van der Waals surface area contributed by atoms with Crippen LogP contribution in [0.15, 0.2) is 30.3 Å². The van der Waals surface area contributed by atoms with Crippen molar-refractivity contribution in [1.82, 2.24) is 10.3 Å². The normalized spacial score (nSPS) is 12.2. The van der Waals surface area contributed by atoms with E-state index in [1.807, 2.05) is 52.0 Å². The molecular weight excluding hydrogens is 304 g/mol. The molecule has 1 aromatic carbocycles. The second kappa shape index (κ2) is 7.90. The van der Waals surface area contributed by atoms with Crippen molar-refractivity contribution < 1.29 is 14.3 Å². The number of nitrogens with one attached hydrogen (secondary N) is 1. The Morgan fingerprint density at radius 2 is 1.92 bits per heavy atom. The average Bonchev–Trinajstić information content (AvgIpc) is 2.58. The first kappa shape index (κ1) is 17.9. The quantitative estimate of drug-likeness (QED) is 0.825. The van der Waals surface area contributed by atoms with Crippen molar-refractivity contribution in [2.45, 2.75) is 46.1 Å². The number of para-hydroxylation sites is 1. The topological polar surface area (TPSA) is 68.3 Å². The van der Waals surface area contributed by atoms with E-state index in [1.54, 1.807) is 6.07 Å². The number of hydrogen-bond donors (Lipinski definition) is 1. The van der Waals surface area contributed by atoms with Crippen molar-refractivity contribution in [2.75, 3.05) is 6.61 Å². The number of pyridine rings is 1. The third-order valence-corrected chi connectivity index (χ3v) is 3.90. The lowest BCUT2D eigenvalue weighted by atomic mass is 10.0. The Morgan fingerprint density at radius 1 is 1.21 bits per heavy atom. The zero-order valence-corrected chi connectivity index (χ0v) is 14.6. The van der Waals surface area contributed by atoms with Crippen LogP contribution in [-0.4, -0.2) is 29.5 Å². The summed E-state index contributed by atoms with van der Waals surface area (Å²) in [6.07, 6.45) is 0.826. The van der Waals surface area contributed by atoms with Crippen LogP contribution in [0.2, 0.25) is 0 Å². The maximum Gasteiger partial charge on any atom is 0.339 e. The van der Waals surface area contributed by atoms with Gasteiger partial charge in [0.15, 0.2) is 6.61 Å². The molecule has 1 aromatic heterocycles. The molecule has 0 saturated carbocycles. The van der Waals surface area contributed by atoms with Crippen LogP contribution in [0.1, 0.15) is 56.1 Å². The van der Waals surface area contributed by atoms with Crippen LogP contribution in [-0.2, 0) is 9.53 Å². The molecule has 5 nitrogen and oxygen atoms in total. The molecule has 24 heavy (non-hydrogen) atoms. The molecule has 1 amide bonds. The van der Waals surface area contributed by atoms with E-state index >= 15 is 0 Å². The van der Waals surface area contributed by atoms with Crippen LogP contribution in [0.5, 0.6) is 0 Å². The average molecular weight is 328 g/mol. The van der Waals surface area contributed by atoms with E-state index in [1.165, 1.54) is 0 Å². The first-order valence-electron chi connectivity index (χ1n) is 8.28. The van der Waals surface area contributed by atoms with Crippen LogP contribution >= 0.6 is 0 Å². The largest absolute Gasteiger partial charge is 0.452 e. The van der Waals surface area contributed by atoms with E-state index in [-0.39, 0.29) is 24.5 Å². The molecule has 5 heteroatoms. The molecule has 0 spiro atoms. The molecule has 1 unspecified atom stereocenters. The minimum atomic E-state index is -0.505. The summed E-state index contributed by atoms with van der Waals surface area (Å²) in [5.74, 6) is -0.607. The molecule has 0 saturated heterocycles. The van der Waals surface area contributed by atoms with Crippen molar-refractivity contribution in [2.24, 2.45) is 0 Å². The van der Waals surface area contributed by atoms with Crippen molar-refractivity contribution in [3.63, 3.8) is 0 Å². The Hall–Kier alpha value is -2.43. The molecule has 2 rings (SSSR count). The molecule has 0 aliphatic carbocycles. The van der Waals surface area contributed by atoms with Crippen LogP contribution in [0, 0.1) is 0 Å². The zero-order chi connectivity index (χ0) is 17.7. The third-order valence-electron chi connectivity index (χ3n) is 3.90. The van der Waals surface area contributed by atoms with E-state index in [4.69, 9.17) is 4.74 Å². The van der Waals surface area contributed by atoms with E-state index < -0.39 is 5.97 Å². The fourth-order valence-electron chi connectivity index (χ4n) is 2.29. The van der Waals surface area contributed by atoms with Crippen molar-refractivity contribution in [3.8, 4) is 0 Å². The lowest BCUT2D eigenvalue weighted by molar-refractivity contribution is -0.124. The molecule has 0 fully saturated rings. The number of benzene rings is 1. The lowest BCUT2D eigenvalue weighted by Crippen LogP contribution is -2.35. The molecule has 128 valence electrons. The molecule has 1 N–H and O–H groups in total. The van der Waals surface area contributed by atoms with E-state index in [2.05, 4.69) is 10.3 Å². The highest BCUT2D eigenvalue weighted by Crippen LogP contribution is 2.23. The predicted octanol–water partition coefficient (Wildman–Crippen LogP) is 3.43. The third kappa shape index (κ3) is 4.31. The summed E-state index contributed by atoms with van der Waals surface area (Å²) in [5, 5.41) is 3.51. The fourth-order valence-corrected chi connectivity index (χ4v) is 2.29. The molecule has 0 aliphatic rings. The number of amides is 1. The molecule has 0 radical (unpaired) electrons. The first-order valence-corrected chi connectivity index (χ1v) is 8.28. The highest BCUT2D eigenvalue weighted by atomic mass is 16.5. The summed E-state index contributed by atoms with van der Waals surface area (Å²) in [6.45, 7) is 7.65. The van der Waals surface area contributed by atoms with Gasteiger partial charge in [-0.25, -0.2) is 4.79 Å². The zero-order valence-electron chi connectivity index (χ0n) is 14.6. The van der Waals surface area contributed by atoms with Gasteiger partial charge in [-0.05, 0) is 31.4 Å². The lowest BCUT2D eigenvalue weighted by Gasteiger charge is -2.13. The molecule has 0 bridgehead atoms. The molecule has 2 aromatic rings. The Balaban J connectivity index is 2.21. The van der Waals surface area contributed by atoms with Gasteiger partial charge in [0.25, 0.3) is 5.91 Å². The second-order valence-corrected chi connectivity index (χ2v) is 6.22. The van der Waals surface area contributed by atoms with E-state index in [0.717, 1.165) is 23.0 Å². The summed E-state index contributed by atoms with van der Waals surface area (Å²) < 4.78 is 5.20. The van der Waals surface area contributed by atoms with Gasteiger partial charge in [0.1, 0.15) is 0 Å². The van der Waals surface area contributed by atoms with Crippen molar-refractivity contribution in [1.29, 1.82) is 0 Å². The first-order chi connectivity index (χ1) is 11.4. The number of rotatable bonds is 6. The SMILES string of the molecule is CCC(C)NC(=O)COC(=O)c1cc(C(C)C)nc2ccccc12. The Bertz CT molecular complexity index is 740. The number of ether oxygens (including phenoxy) is 1. The van der Waals surface area contributed by atoms with Gasteiger partial charge in [-0.15, -0.1) is 0 Å². The van der Waals surface area contributed by atoms with Gasteiger partial charge in [0.2, 0.25) is 0 Å². The Morgan fingerprint density at radius 3 is 2.58 bits per heavy atom. The fraction of sp³-hybridized carbons (Fsp3) is 0.421. The van der Waals surface area contributed by atoms with Crippen LogP contribution in [0.3, 0.4) is 0 Å². The maximum absolute atomic E-state index is 12.5. The van der Waals surface area contributed by atoms with Crippen LogP contribution in [0.4, 0.5) is 0 Å². The molecule has 1 heterocycles. The van der Waals surface area contributed by atoms with E-state index in [9.17, 15) is 9.59 Å². The highest BCUT2D eigenvalue weighted by molar-refractivity contribution is 6.04. The smallest absolute Gasteiger partial charge is 0.339 e. The summed E-state index contributed by atoms with van der Waals surface area (Å²) >= 11 is 0. The molecule has 0 aliphatic heterocycles. The Labute approximate surface area is 142 Å². The maximum atomic E-state index is 12.5. The van der Waals surface area contributed by atoms with Gasteiger partial charge in [0.05, 0.1) is 11.1 Å². The van der Waals surface area contributed by atoms with Crippen molar-refractivity contribution in [3.05, 3.63) is 41.6 Å². The van der Waals surface area contributed by atoms with Crippen molar-refractivity contribution >= 4 is 22.8 Å². The molecule has 1 atom stereocenters. The highest BCUT2D eigenvalue weighted by Gasteiger charge is 2.17. The summed E-state index contributed by atoms with van der Waals surface area (Å²) in [4.78, 5) is 28.8. The minimum absolute atomic E-state index is 0.0606. The second-order valence-electron chi connectivity index (χ2n) is 6.22. The van der Waals surface area contributed by atoms with Crippen LogP contribution < -0.4 is 5.32 Å². The monoisotopic (exact) mass is 328 g/mol.